The maximum Gasteiger partial charge on any atom is 0.248 e. The van der Waals surface area contributed by atoms with Gasteiger partial charge in [-0.2, -0.15) is 0 Å². The summed E-state index contributed by atoms with van der Waals surface area (Å²) >= 11 is 7.56. The molecular weight excluding hydrogens is 328 g/mol. The van der Waals surface area contributed by atoms with Gasteiger partial charge in [-0.05, 0) is 48.8 Å². The minimum Gasteiger partial charge on any atom is -0.149 e. The molecule has 1 unspecified atom stereocenters. The first-order valence-corrected chi connectivity index (χ1v) is 11.3. The van der Waals surface area contributed by atoms with E-state index in [4.69, 9.17) is 11.1 Å². The normalized spacial score (nSPS) is 13.5. The van der Waals surface area contributed by atoms with Crippen molar-refractivity contribution in [3.05, 3.63) is 89.0 Å². The van der Waals surface area contributed by atoms with Gasteiger partial charge in [0, 0.05) is 0 Å². The average Bonchev–Trinajstić information content (AvgIpc) is 2.54. The van der Waals surface area contributed by atoms with Crippen LogP contribution < -0.4 is 15.6 Å². The molecule has 0 saturated carbocycles. The Morgan fingerprint density at radius 1 is 0.625 bits per heavy atom. The van der Waals surface area contributed by atoms with E-state index in [1.54, 1.807) is 0 Å². The molecule has 24 heavy (non-hydrogen) atoms. The van der Waals surface area contributed by atoms with Crippen LogP contribution in [0.25, 0.3) is 0 Å². The number of rotatable bonds is 3. The van der Waals surface area contributed by atoms with Crippen LogP contribution in [0.15, 0.2) is 66.7 Å². The second-order valence-electron chi connectivity index (χ2n) is 6.72. The fraction of sp³-hybridized carbons (Fsp3) is 0.182. The van der Waals surface area contributed by atoms with Gasteiger partial charge in [0.25, 0.3) is 0 Å². The van der Waals surface area contributed by atoms with E-state index in [0.717, 1.165) is 0 Å². The van der Waals surface area contributed by atoms with Crippen LogP contribution in [0.4, 0.5) is 0 Å². The number of hydrogen-bond donors (Lipinski definition) is 0. The first-order chi connectivity index (χ1) is 11.4. The number of aryl methyl sites for hydroxylation is 4. The smallest absolute Gasteiger partial charge is 0.149 e. The second-order valence-corrected chi connectivity index (χ2v) is 11.4. The van der Waals surface area contributed by atoms with Gasteiger partial charge >= 0.3 is 0 Å². The summed E-state index contributed by atoms with van der Waals surface area (Å²) in [7, 11) is -2.54. The topological polar surface area (TPSA) is 0 Å². The molecular formula is C22H23ClSi. The van der Waals surface area contributed by atoms with Gasteiger partial charge in [-0.3, -0.25) is 0 Å². The molecule has 3 rings (SSSR count). The number of halogens is 1. The van der Waals surface area contributed by atoms with Gasteiger partial charge in [-0.15, -0.1) is 11.1 Å². The van der Waals surface area contributed by atoms with Crippen molar-refractivity contribution in [2.24, 2.45) is 0 Å². The van der Waals surface area contributed by atoms with E-state index in [1.165, 1.54) is 37.8 Å². The average molecular weight is 351 g/mol. The summed E-state index contributed by atoms with van der Waals surface area (Å²) < 4.78 is 0. The zero-order chi connectivity index (χ0) is 17.3. The van der Waals surface area contributed by atoms with Crippen molar-refractivity contribution >= 4 is 34.0 Å². The maximum atomic E-state index is 7.56. The molecule has 0 aliphatic carbocycles. The first-order valence-electron chi connectivity index (χ1n) is 8.32. The van der Waals surface area contributed by atoms with Gasteiger partial charge in [-0.1, -0.05) is 83.4 Å². The van der Waals surface area contributed by atoms with Gasteiger partial charge in [0.1, 0.15) is 0 Å². The molecule has 0 spiro atoms. The minimum atomic E-state index is -2.54. The monoisotopic (exact) mass is 350 g/mol. The van der Waals surface area contributed by atoms with Crippen molar-refractivity contribution in [3.63, 3.8) is 0 Å². The highest BCUT2D eigenvalue weighted by Crippen LogP contribution is 2.17. The van der Waals surface area contributed by atoms with Crippen LogP contribution in [-0.4, -0.2) is 7.38 Å². The summed E-state index contributed by atoms with van der Waals surface area (Å²) in [6, 6.07) is 24.0. The van der Waals surface area contributed by atoms with E-state index in [2.05, 4.69) is 94.4 Å². The maximum absolute atomic E-state index is 7.56. The van der Waals surface area contributed by atoms with E-state index < -0.39 is 7.38 Å². The van der Waals surface area contributed by atoms with Crippen LogP contribution in [0, 0.1) is 27.7 Å². The molecule has 0 bridgehead atoms. The van der Waals surface area contributed by atoms with Crippen molar-refractivity contribution in [1.82, 2.24) is 0 Å². The van der Waals surface area contributed by atoms with Crippen LogP contribution in [0.1, 0.15) is 22.3 Å². The summed E-state index contributed by atoms with van der Waals surface area (Å²) in [4.78, 5) is 0. The predicted octanol–water partition coefficient (Wildman–Crippen LogP) is 4.13. The van der Waals surface area contributed by atoms with Gasteiger partial charge in [0.15, 0.2) is 0 Å². The summed E-state index contributed by atoms with van der Waals surface area (Å²) in [5.41, 5.74) is 5.09. The van der Waals surface area contributed by atoms with E-state index in [0.29, 0.717) is 0 Å². The Bertz CT molecular complexity index is 850. The Morgan fingerprint density at radius 2 is 1.25 bits per heavy atom. The van der Waals surface area contributed by atoms with E-state index in [-0.39, 0.29) is 0 Å². The van der Waals surface area contributed by atoms with Crippen molar-refractivity contribution in [1.29, 1.82) is 0 Å². The van der Waals surface area contributed by atoms with Gasteiger partial charge in [0.2, 0.25) is 7.38 Å². The molecule has 0 saturated heterocycles. The molecule has 122 valence electrons. The second kappa shape index (κ2) is 6.58. The molecule has 0 aliphatic rings. The molecule has 0 aliphatic heterocycles. The molecule has 0 nitrogen and oxygen atoms in total. The standard InChI is InChI=1S/C22H23ClSi/c1-16-10-11-22(19(4)13-16)24(23,20-8-6-5-7-9-20)21-14-17(2)12-18(3)15-21/h5-15H,1-4H3. The van der Waals surface area contributed by atoms with Crippen molar-refractivity contribution in [3.8, 4) is 0 Å². The largest absolute Gasteiger partial charge is 0.248 e. The Balaban J connectivity index is 2.33. The summed E-state index contributed by atoms with van der Waals surface area (Å²) in [6.45, 7) is 8.61. The molecule has 3 aromatic rings. The van der Waals surface area contributed by atoms with Crippen molar-refractivity contribution in [2.75, 3.05) is 0 Å². The molecule has 1 atom stereocenters. The first kappa shape index (κ1) is 17.0. The highest BCUT2D eigenvalue weighted by molar-refractivity contribution is 7.40. The predicted molar refractivity (Wildman–Crippen MR) is 109 cm³/mol. The van der Waals surface area contributed by atoms with Gasteiger partial charge in [-0.25, -0.2) is 0 Å². The van der Waals surface area contributed by atoms with Crippen LogP contribution >= 0.6 is 11.1 Å². The Labute approximate surface area is 150 Å². The van der Waals surface area contributed by atoms with Crippen LogP contribution in [0.5, 0.6) is 0 Å². The lowest BCUT2D eigenvalue weighted by Gasteiger charge is -2.29. The van der Waals surface area contributed by atoms with E-state index in [9.17, 15) is 0 Å². The highest BCUT2D eigenvalue weighted by atomic mass is 35.6. The zero-order valence-corrected chi connectivity index (χ0v) is 16.5. The molecule has 2 heteroatoms. The lowest BCUT2D eigenvalue weighted by Crippen LogP contribution is -2.63. The highest BCUT2D eigenvalue weighted by Gasteiger charge is 2.39. The van der Waals surface area contributed by atoms with Crippen LogP contribution in [0.3, 0.4) is 0 Å². The fourth-order valence-corrected chi connectivity index (χ4v) is 8.25. The zero-order valence-electron chi connectivity index (χ0n) is 14.7. The summed E-state index contributed by atoms with van der Waals surface area (Å²) in [5, 5.41) is 3.79. The van der Waals surface area contributed by atoms with Crippen LogP contribution in [0.2, 0.25) is 0 Å². The van der Waals surface area contributed by atoms with Gasteiger partial charge in [0.05, 0.1) is 0 Å². The van der Waals surface area contributed by atoms with Crippen molar-refractivity contribution in [2.45, 2.75) is 27.7 Å². The molecule has 0 heterocycles. The molecule has 0 fully saturated rings. The molecule has 0 amide bonds. The van der Waals surface area contributed by atoms with E-state index >= 15 is 0 Å². The lowest BCUT2D eigenvalue weighted by atomic mass is 10.1. The molecule has 0 aromatic heterocycles. The third kappa shape index (κ3) is 3.06. The number of hydrogen-bond acceptors (Lipinski definition) is 0. The number of benzene rings is 3. The fourth-order valence-electron chi connectivity index (χ4n) is 3.52. The third-order valence-corrected chi connectivity index (χ3v) is 9.98. The Morgan fingerprint density at radius 3 is 1.83 bits per heavy atom. The Hall–Kier alpha value is -1.83. The SMILES string of the molecule is Cc1cc(C)cc([Si](Cl)(c2ccccc2)c2ccc(C)cc2C)c1. The molecule has 3 aromatic carbocycles. The summed E-state index contributed by atoms with van der Waals surface area (Å²) in [5.74, 6) is 0. The summed E-state index contributed by atoms with van der Waals surface area (Å²) in [6.07, 6.45) is 0. The Kier molecular flexibility index (Phi) is 4.66. The van der Waals surface area contributed by atoms with Crippen molar-refractivity contribution < 1.29 is 0 Å². The third-order valence-electron chi connectivity index (χ3n) is 4.54. The molecule has 0 radical (unpaired) electrons. The lowest BCUT2D eigenvalue weighted by molar-refractivity contribution is 1.39. The van der Waals surface area contributed by atoms with Crippen LogP contribution in [-0.2, 0) is 0 Å². The quantitative estimate of drug-likeness (QED) is 0.378. The molecule has 0 N–H and O–H groups in total. The van der Waals surface area contributed by atoms with Gasteiger partial charge < -0.3 is 0 Å². The minimum absolute atomic E-state index is 1.24. The van der Waals surface area contributed by atoms with E-state index in [1.807, 2.05) is 0 Å².